The highest BCUT2D eigenvalue weighted by molar-refractivity contribution is 7.89. The molecule has 0 radical (unpaired) electrons. The molecule has 0 aliphatic carbocycles. The van der Waals surface area contributed by atoms with Crippen LogP contribution in [0.1, 0.15) is 33.1 Å². The van der Waals surface area contributed by atoms with Crippen molar-refractivity contribution in [2.24, 2.45) is 5.92 Å². The van der Waals surface area contributed by atoms with Crippen LogP contribution in [0, 0.1) is 5.92 Å². The Hall–Kier alpha value is -0.130. The van der Waals surface area contributed by atoms with Gasteiger partial charge in [-0.3, -0.25) is 0 Å². The summed E-state index contributed by atoms with van der Waals surface area (Å²) in [5.74, 6) is 0.608. The molecule has 1 atom stereocenters. The Balaban J connectivity index is 2.60. The van der Waals surface area contributed by atoms with Gasteiger partial charge >= 0.3 is 0 Å². The van der Waals surface area contributed by atoms with Crippen molar-refractivity contribution in [2.75, 3.05) is 18.9 Å². The van der Waals surface area contributed by atoms with E-state index in [0.717, 1.165) is 12.8 Å². The highest BCUT2D eigenvalue weighted by atomic mass is 32.2. The van der Waals surface area contributed by atoms with Crippen molar-refractivity contribution in [3.63, 3.8) is 0 Å². The van der Waals surface area contributed by atoms with Crippen molar-refractivity contribution in [1.29, 1.82) is 0 Å². The lowest BCUT2D eigenvalue weighted by atomic mass is 10.2. The number of aliphatic hydroxyl groups excluding tert-OH is 1. The van der Waals surface area contributed by atoms with Crippen LogP contribution < -0.4 is 0 Å². The van der Waals surface area contributed by atoms with Gasteiger partial charge in [-0.25, -0.2) is 8.42 Å². The molecule has 4 nitrogen and oxygen atoms in total. The topological polar surface area (TPSA) is 57.6 Å². The van der Waals surface area contributed by atoms with E-state index >= 15 is 0 Å². The van der Waals surface area contributed by atoms with E-state index in [0.29, 0.717) is 18.9 Å². The Kier molecular flexibility index (Phi) is 4.55. The molecular weight excluding hydrogens is 214 g/mol. The Morgan fingerprint density at radius 1 is 1.47 bits per heavy atom. The molecule has 5 heteroatoms. The molecule has 1 aliphatic rings. The van der Waals surface area contributed by atoms with E-state index in [4.69, 9.17) is 5.11 Å². The average Bonchev–Trinajstić information content (AvgIpc) is 2.63. The van der Waals surface area contributed by atoms with Crippen LogP contribution in [-0.4, -0.2) is 42.8 Å². The van der Waals surface area contributed by atoms with E-state index in [9.17, 15) is 8.42 Å². The van der Waals surface area contributed by atoms with Crippen LogP contribution in [0.3, 0.4) is 0 Å². The van der Waals surface area contributed by atoms with E-state index in [1.54, 1.807) is 0 Å². The van der Waals surface area contributed by atoms with Crippen LogP contribution in [0.5, 0.6) is 0 Å². The lowest BCUT2D eigenvalue weighted by molar-refractivity contribution is 0.213. The molecule has 90 valence electrons. The Labute approximate surface area is 92.3 Å². The standard InChI is InChI=1S/C10H21NO3S/c1-9(2)5-7-15(13,14)11-6-3-4-10(11)8-12/h9-10,12H,3-8H2,1-2H3/t10-/m0/s1. The molecule has 0 aromatic carbocycles. The zero-order valence-electron chi connectivity index (χ0n) is 9.52. The fourth-order valence-corrected chi connectivity index (χ4v) is 3.90. The van der Waals surface area contributed by atoms with Crippen LogP contribution in [-0.2, 0) is 10.0 Å². The maximum atomic E-state index is 11.9. The summed E-state index contributed by atoms with van der Waals surface area (Å²) in [6.07, 6.45) is 2.35. The summed E-state index contributed by atoms with van der Waals surface area (Å²) in [5, 5.41) is 9.07. The lowest BCUT2D eigenvalue weighted by Crippen LogP contribution is -2.39. The lowest BCUT2D eigenvalue weighted by Gasteiger charge is -2.22. The maximum Gasteiger partial charge on any atom is 0.214 e. The number of aliphatic hydroxyl groups is 1. The van der Waals surface area contributed by atoms with E-state index < -0.39 is 10.0 Å². The molecule has 1 rings (SSSR count). The van der Waals surface area contributed by atoms with Crippen LogP contribution >= 0.6 is 0 Å². The first-order chi connectivity index (χ1) is 6.97. The Morgan fingerprint density at radius 2 is 2.13 bits per heavy atom. The minimum Gasteiger partial charge on any atom is -0.395 e. The number of rotatable bonds is 5. The first kappa shape index (κ1) is 12.9. The molecule has 1 fully saturated rings. The maximum absolute atomic E-state index is 11.9. The number of nitrogens with zero attached hydrogens (tertiary/aromatic N) is 1. The summed E-state index contributed by atoms with van der Waals surface area (Å²) in [6, 6.07) is -0.179. The smallest absolute Gasteiger partial charge is 0.214 e. The van der Waals surface area contributed by atoms with Crippen LogP contribution in [0.4, 0.5) is 0 Å². The van der Waals surface area contributed by atoms with Crippen LogP contribution in [0.25, 0.3) is 0 Å². The first-order valence-electron chi connectivity index (χ1n) is 5.57. The molecule has 0 aromatic heterocycles. The fourth-order valence-electron chi connectivity index (χ4n) is 1.86. The SMILES string of the molecule is CC(C)CCS(=O)(=O)N1CCC[C@H]1CO. The van der Waals surface area contributed by atoms with Gasteiger partial charge in [-0.05, 0) is 25.2 Å². The van der Waals surface area contributed by atoms with Gasteiger partial charge in [0.1, 0.15) is 0 Å². The highest BCUT2D eigenvalue weighted by Crippen LogP contribution is 2.21. The first-order valence-corrected chi connectivity index (χ1v) is 7.18. The summed E-state index contributed by atoms with van der Waals surface area (Å²) < 4.78 is 25.3. The van der Waals surface area contributed by atoms with Crippen molar-refractivity contribution >= 4 is 10.0 Å². The van der Waals surface area contributed by atoms with Crippen LogP contribution in [0.2, 0.25) is 0 Å². The molecule has 15 heavy (non-hydrogen) atoms. The second kappa shape index (κ2) is 5.27. The molecule has 0 bridgehead atoms. The number of sulfonamides is 1. The van der Waals surface area contributed by atoms with Gasteiger partial charge < -0.3 is 5.11 Å². The van der Waals surface area contributed by atoms with Gasteiger partial charge in [-0.15, -0.1) is 0 Å². The van der Waals surface area contributed by atoms with Crippen molar-refractivity contribution < 1.29 is 13.5 Å². The third-order valence-electron chi connectivity index (χ3n) is 2.84. The third kappa shape index (κ3) is 3.43. The highest BCUT2D eigenvalue weighted by Gasteiger charge is 2.33. The van der Waals surface area contributed by atoms with E-state index in [-0.39, 0.29) is 18.4 Å². The Morgan fingerprint density at radius 3 is 2.67 bits per heavy atom. The molecule has 1 heterocycles. The van der Waals surface area contributed by atoms with Gasteiger partial charge in [-0.1, -0.05) is 13.8 Å². The summed E-state index contributed by atoms with van der Waals surface area (Å²) in [5.41, 5.74) is 0. The molecule has 0 amide bonds. The molecule has 0 spiro atoms. The molecule has 0 aromatic rings. The van der Waals surface area contributed by atoms with Crippen molar-refractivity contribution in [3.8, 4) is 0 Å². The largest absolute Gasteiger partial charge is 0.395 e. The molecule has 0 saturated carbocycles. The summed E-state index contributed by atoms with van der Waals surface area (Å²) in [4.78, 5) is 0. The predicted octanol–water partition coefficient (Wildman–Crippen LogP) is 0.819. The Bertz CT molecular complexity index is 287. The second-order valence-corrected chi connectivity index (χ2v) is 6.63. The van der Waals surface area contributed by atoms with Crippen molar-refractivity contribution in [3.05, 3.63) is 0 Å². The zero-order valence-corrected chi connectivity index (χ0v) is 10.3. The minimum atomic E-state index is -3.14. The summed E-state index contributed by atoms with van der Waals surface area (Å²) in [7, 11) is -3.14. The van der Waals surface area contributed by atoms with Crippen LogP contribution in [0.15, 0.2) is 0 Å². The van der Waals surface area contributed by atoms with Gasteiger partial charge in [0.05, 0.1) is 12.4 Å². The predicted molar refractivity (Wildman–Crippen MR) is 60.1 cm³/mol. The number of hydrogen-bond donors (Lipinski definition) is 1. The molecule has 0 unspecified atom stereocenters. The summed E-state index contributed by atoms with van der Waals surface area (Å²) in [6.45, 7) is 4.55. The van der Waals surface area contributed by atoms with Gasteiger partial charge in [0.25, 0.3) is 0 Å². The fraction of sp³-hybridized carbons (Fsp3) is 1.00. The van der Waals surface area contributed by atoms with Crippen molar-refractivity contribution in [1.82, 2.24) is 4.31 Å². The van der Waals surface area contributed by atoms with Gasteiger partial charge in [0.2, 0.25) is 10.0 Å². The normalized spacial score (nSPS) is 23.9. The molecule has 1 N–H and O–H groups in total. The number of hydrogen-bond acceptors (Lipinski definition) is 3. The minimum absolute atomic E-state index is 0.0547. The second-order valence-electron chi connectivity index (χ2n) is 4.59. The zero-order chi connectivity index (χ0) is 11.5. The molecular formula is C10H21NO3S. The van der Waals surface area contributed by atoms with Crippen molar-refractivity contribution in [2.45, 2.75) is 39.2 Å². The van der Waals surface area contributed by atoms with E-state index in [1.807, 2.05) is 13.8 Å². The van der Waals surface area contributed by atoms with Gasteiger partial charge in [0, 0.05) is 12.6 Å². The molecule has 1 saturated heterocycles. The third-order valence-corrected chi connectivity index (χ3v) is 4.79. The summed E-state index contributed by atoms with van der Waals surface area (Å²) >= 11 is 0. The average molecular weight is 235 g/mol. The van der Waals surface area contributed by atoms with E-state index in [1.165, 1.54) is 4.31 Å². The monoisotopic (exact) mass is 235 g/mol. The quantitative estimate of drug-likeness (QED) is 0.767. The van der Waals surface area contributed by atoms with Gasteiger partial charge in [-0.2, -0.15) is 4.31 Å². The van der Waals surface area contributed by atoms with E-state index in [2.05, 4.69) is 0 Å². The van der Waals surface area contributed by atoms with Gasteiger partial charge in [0.15, 0.2) is 0 Å². The molecule has 1 aliphatic heterocycles.